The summed E-state index contributed by atoms with van der Waals surface area (Å²) < 4.78 is 173. The van der Waals surface area contributed by atoms with Crippen LogP contribution in [0.4, 0.5) is 28.4 Å². The lowest BCUT2D eigenvalue weighted by Gasteiger charge is -2.19. The number of alkyl halides is 1. The number of aromatic nitrogens is 5. The predicted molar refractivity (Wildman–Crippen MR) is 572 cm³/mol. The van der Waals surface area contributed by atoms with Crippen LogP contribution in [-0.2, 0) is 89.6 Å². The maximum Gasteiger partial charge on any atom is 0.301 e. The zero-order valence-electron chi connectivity index (χ0n) is 82.3. The predicted octanol–water partition coefficient (Wildman–Crippen LogP) is 20.0. The van der Waals surface area contributed by atoms with Gasteiger partial charge in [-0.2, -0.15) is 52.6 Å². The maximum absolute atomic E-state index is 12.6. The Morgan fingerprint density at radius 1 is 0.410 bits per heavy atom. The summed E-state index contributed by atoms with van der Waals surface area (Å²) in [5.74, 6) is 3.99. The number of nitriles is 5. The molecule has 7 heterocycles. The molecule has 10 aromatic carbocycles. The highest BCUT2D eigenvalue weighted by Crippen LogP contribution is 2.45. The summed E-state index contributed by atoms with van der Waals surface area (Å²) in [6, 6.07) is 74.5. The second kappa shape index (κ2) is 46.6. The molecule has 17 rings (SSSR count). The van der Waals surface area contributed by atoms with Crippen LogP contribution in [0.25, 0.3) is 111 Å². The van der Waals surface area contributed by atoms with Gasteiger partial charge < -0.3 is 46.5 Å². The Morgan fingerprint density at radius 2 is 0.785 bits per heavy atom. The Balaban J connectivity index is 0.000000151. The topological polar surface area (TPSA) is 427 Å². The molecule has 5 aromatic heterocycles. The first-order chi connectivity index (χ1) is 69.2. The maximum atomic E-state index is 12.6. The largest absolute Gasteiger partial charge is 0.497 e. The van der Waals surface area contributed by atoms with Crippen LogP contribution in [0.15, 0.2) is 206 Å². The third kappa shape index (κ3) is 23.1. The van der Waals surface area contributed by atoms with E-state index >= 15 is 0 Å². The van der Waals surface area contributed by atoms with Gasteiger partial charge in [0.2, 0.25) is 30.1 Å². The molecule has 32 nitrogen and oxygen atoms in total. The quantitative estimate of drug-likeness (QED) is 0.0238. The molecule has 0 aliphatic carbocycles. The molecule has 750 valence electrons. The molecule has 38 heteroatoms. The standard InChI is InChI=1S/C23H25N3O3S.C22H25N3O3S.C21H23N3O3S.C20H21ClN4O3S.C20H20N4O3S/c1-4-12-30(27,28)26-11-10-16-13-17(6-9-21(16)26)23-20(15-24)19-8-7-18(29-3)14-22(19)25(23)5-2;1-4-6-13-25-21-14-18(28-3)11-12-19(21)20(15-23)22(25)16-7-9-17(10-8-16)24-29(26,27)5-2;1-4-5-12-24-20-13-17(27-2)10-11-18(20)19(14-22)21(24)15-6-8-16(9-7-15)23-28(3,25)26;1-3-25-19-12-16(28-2)7-8-17(19)18(13-22)20(25)14-5-4-6-15(11-14)24-29(26,27)23-10-9-21;1-3-23-19-12-16(27-2)7-8-17(19)18(13-21)20(23)14-5-4-6-15(11-14)24-10-9-22-28(24,25)26/h6-9,13-14H,4-5,10-12H2,1-3H3;7-12,14,24H,4-6,13H2,1-3H3;6-11,13,23H,4-5,12H2,1-3H3;4-8,11-12,23-24H,3,9-10H2,1-2H3;4-8,11-12,22H,3,9-10H2,1-2H3. The van der Waals surface area contributed by atoms with Gasteiger partial charge in [0, 0.05) is 145 Å². The van der Waals surface area contributed by atoms with E-state index in [4.69, 9.17) is 35.3 Å². The van der Waals surface area contributed by atoms with Crippen molar-refractivity contribution in [3.8, 4) is 115 Å². The molecule has 144 heavy (non-hydrogen) atoms. The number of fused-ring (bicyclic) bond motifs is 6. The van der Waals surface area contributed by atoms with E-state index in [0.29, 0.717) is 108 Å². The second-order valence-electron chi connectivity index (χ2n) is 33.6. The number of ether oxygens (including phenoxy) is 5. The van der Waals surface area contributed by atoms with Gasteiger partial charge in [-0.05, 0) is 197 Å². The summed E-state index contributed by atoms with van der Waals surface area (Å²) in [7, 11) is -9.11. The van der Waals surface area contributed by atoms with Crippen molar-refractivity contribution in [3.63, 3.8) is 0 Å². The molecule has 0 spiro atoms. The average Bonchev–Trinajstić information content (AvgIpc) is 1.61. The Hall–Kier alpha value is -14.7. The normalized spacial score (nSPS) is 12.6. The fourth-order valence-electron chi connectivity index (χ4n) is 18.1. The number of hydrogen-bond acceptors (Lipinski definition) is 20. The number of nitrogens with one attached hydrogen (secondary N) is 5. The highest BCUT2D eigenvalue weighted by Gasteiger charge is 2.33. The lowest BCUT2D eigenvalue weighted by atomic mass is 10.0. The average molecular weight is 2060 g/mol. The van der Waals surface area contributed by atoms with Crippen molar-refractivity contribution in [1.29, 1.82) is 26.3 Å². The molecular formula is C106H114ClN17O15S5. The van der Waals surface area contributed by atoms with Gasteiger partial charge in [-0.3, -0.25) is 22.8 Å². The van der Waals surface area contributed by atoms with Crippen molar-refractivity contribution in [1.82, 2.24) is 32.3 Å². The third-order valence-electron chi connectivity index (χ3n) is 24.7. The smallest absolute Gasteiger partial charge is 0.301 e. The highest BCUT2D eigenvalue weighted by atomic mass is 35.5. The minimum Gasteiger partial charge on any atom is -0.497 e. The fourth-order valence-corrected chi connectivity index (χ4v) is 23.2. The zero-order chi connectivity index (χ0) is 104. The number of aryl methyl sites for hydroxylation is 5. The van der Waals surface area contributed by atoms with E-state index in [1.807, 2.05) is 183 Å². The van der Waals surface area contributed by atoms with Gasteiger partial charge in [-0.25, -0.2) is 25.3 Å². The highest BCUT2D eigenvalue weighted by molar-refractivity contribution is 7.93. The van der Waals surface area contributed by atoms with Crippen molar-refractivity contribution in [3.05, 3.63) is 240 Å². The van der Waals surface area contributed by atoms with Gasteiger partial charge in [0.05, 0.1) is 154 Å². The third-order valence-corrected chi connectivity index (χ3v) is 31.4. The van der Waals surface area contributed by atoms with Gasteiger partial charge in [0.15, 0.2) is 0 Å². The van der Waals surface area contributed by atoms with Gasteiger partial charge in [0.25, 0.3) is 10.2 Å². The second-order valence-corrected chi connectivity index (χ2v) is 43.0. The van der Waals surface area contributed by atoms with Crippen LogP contribution in [0.5, 0.6) is 28.7 Å². The van der Waals surface area contributed by atoms with Gasteiger partial charge >= 0.3 is 10.2 Å². The lowest BCUT2D eigenvalue weighted by molar-refractivity contribution is 0.415. The van der Waals surface area contributed by atoms with Crippen LogP contribution in [0.1, 0.15) is 114 Å². The molecule has 5 N–H and O–H groups in total. The van der Waals surface area contributed by atoms with Crippen molar-refractivity contribution in [2.24, 2.45) is 0 Å². The van der Waals surface area contributed by atoms with E-state index in [0.717, 1.165) is 190 Å². The molecule has 0 unspecified atom stereocenters. The lowest BCUT2D eigenvalue weighted by Crippen LogP contribution is -2.31. The first-order valence-electron chi connectivity index (χ1n) is 46.9. The van der Waals surface area contributed by atoms with E-state index in [1.165, 1.54) is 8.61 Å². The number of nitrogens with zero attached hydrogens (tertiary/aromatic N) is 12. The van der Waals surface area contributed by atoms with Crippen molar-refractivity contribution < 1.29 is 65.8 Å². The number of halogens is 1. The number of rotatable bonds is 33. The minimum atomic E-state index is -3.73. The first-order valence-corrected chi connectivity index (χ1v) is 55.5. The van der Waals surface area contributed by atoms with Crippen LogP contribution in [0, 0.1) is 56.7 Å². The number of sulfonamides is 3. The van der Waals surface area contributed by atoms with E-state index in [-0.39, 0.29) is 23.9 Å². The Kier molecular flexibility index (Phi) is 34.5. The number of methoxy groups -OCH3 is 5. The van der Waals surface area contributed by atoms with E-state index in [9.17, 15) is 68.4 Å². The molecular weight excluding hydrogens is 1950 g/mol. The zero-order valence-corrected chi connectivity index (χ0v) is 87.1. The van der Waals surface area contributed by atoms with Gasteiger partial charge in [-0.15, -0.1) is 11.6 Å². The van der Waals surface area contributed by atoms with Gasteiger partial charge in [-0.1, -0.05) is 88.2 Å². The van der Waals surface area contributed by atoms with Crippen LogP contribution in [0.3, 0.4) is 0 Å². The van der Waals surface area contributed by atoms with Gasteiger partial charge in [0.1, 0.15) is 59.1 Å². The van der Waals surface area contributed by atoms with Crippen LogP contribution in [-0.4, -0.2) is 150 Å². The van der Waals surface area contributed by atoms with Crippen LogP contribution >= 0.6 is 11.6 Å². The van der Waals surface area contributed by atoms with Crippen molar-refractivity contribution in [2.45, 2.75) is 120 Å². The van der Waals surface area contributed by atoms with Crippen molar-refractivity contribution >= 4 is 145 Å². The summed E-state index contributed by atoms with van der Waals surface area (Å²) >= 11 is 5.55. The summed E-state index contributed by atoms with van der Waals surface area (Å²) in [6.07, 6.45) is 6.40. The molecule has 0 amide bonds. The number of hydrogen-bond donors (Lipinski definition) is 5. The van der Waals surface area contributed by atoms with Crippen LogP contribution < -0.4 is 55.9 Å². The summed E-state index contributed by atoms with van der Waals surface area (Å²) in [4.78, 5) is 0. The molecule has 15 aromatic rings. The summed E-state index contributed by atoms with van der Waals surface area (Å²) in [6.45, 7) is 18.7. The Bertz CT molecular complexity index is 8170. The van der Waals surface area contributed by atoms with Crippen molar-refractivity contribution in [2.75, 3.05) is 108 Å². The summed E-state index contributed by atoms with van der Waals surface area (Å²) in [5.41, 5.74) is 19.6. The molecule has 0 saturated carbocycles. The number of unbranched alkanes of at least 4 members (excludes halogenated alkanes) is 2. The SMILES string of the molecule is CCCCn1c(-c2ccc(NS(=O)(=O)CC)cc2)c(C#N)c2ccc(OC)cc21.CCCCn1c(-c2ccc(NS(C)(=O)=O)cc2)c(C#N)c2ccc(OC)cc21.CCCS(=O)(=O)N1CCc2cc(-c3c(C#N)c4ccc(OC)cc4n3CC)ccc21.CCn1c(-c2cccc(N3CCNS3(=O)=O)c2)c(C#N)c2ccc(OC)cc21.CCn1c(-c2cccc(NS(=O)(=O)NCCCl)c2)c(C#N)c2ccc(OC)cc21. The molecule has 1 saturated heterocycles. The molecule has 0 atom stereocenters. The number of anilines is 5. The Labute approximate surface area is 846 Å². The van der Waals surface area contributed by atoms with Crippen LogP contribution in [0.2, 0.25) is 0 Å². The molecule has 0 radical (unpaired) electrons. The summed E-state index contributed by atoms with van der Waals surface area (Å²) in [5, 5.41) is 53.7. The first kappa shape index (κ1) is 107. The molecule has 1 fully saturated rings. The van der Waals surface area contributed by atoms with E-state index in [1.54, 1.807) is 91.0 Å². The monoisotopic (exact) mass is 2060 g/mol. The molecule has 2 aliphatic heterocycles. The molecule has 0 bridgehead atoms. The minimum absolute atomic E-state index is 0.0143. The molecule has 2 aliphatic rings. The van der Waals surface area contributed by atoms with E-state index < -0.39 is 50.5 Å². The Morgan fingerprint density at radius 3 is 1.14 bits per heavy atom. The van der Waals surface area contributed by atoms with E-state index in [2.05, 4.69) is 93.0 Å². The number of benzene rings is 10. The fraction of sp³-hybridized carbons (Fsp3) is 0.292.